The molecule has 116 valence electrons. The number of benzene rings is 2. The van der Waals surface area contributed by atoms with Crippen molar-refractivity contribution in [2.24, 2.45) is 5.92 Å². The standard InChI is InChI=1S/C21H25F/c1-2-7-16-12-14-18(15-13-16)21-19(10-6-11-20(21)22)17-8-4-3-5-9-17/h3-6,8-11,16,18H,2,7,12-15H2,1H3. The lowest BCUT2D eigenvalue weighted by molar-refractivity contribution is 0.305. The first-order valence-electron chi connectivity index (χ1n) is 8.63. The minimum atomic E-state index is -0.0275. The van der Waals surface area contributed by atoms with Gasteiger partial charge in [-0.2, -0.15) is 0 Å². The van der Waals surface area contributed by atoms with E-state index in [-0.39, 0.29) is 5.82 Å². The summed E-state index contributed by atoms with van der Waals surface area (Å²) in [6.07, 6.45) is 7.36. The van der Waals surface area contributed by atoms with Gasteiger partial charge in [0.1, 0.15) is 5.82 Å². The molecule has 1 heteroatoms. The Balaban J connectivity index is 1.88. The van der Waals surface area contributed by atoms with Crippen LogP contribution in [0.4, 0.5) is 4.39 Å². The molecule has 2 aromatic rings. The largest absolute Gasteiger partial charge is 0.207 e. The van der Waals surface area contributed by atoms with E-state index in [4.69, 9.17) is 0 Å². The van der Waals surface area contributed by atoms with Gasteiger partial charge in [0.2, 0.25) is 0 Å². The van der Waals surface area contributed by atoms with Gasteiger partial charge in [-0.25, -0.2) is 4.39 Å². The van der Waals surface area contributed by atoms with Crippen LogP contribution < -0.4 is 0 Å². The van der Waals surface area contributed by atoms with E-state index in [0.29, 0.717) is 5.92 Å². The molecule has 0 nitrogen and oxygen atoms in total. The first kappa shape index (κ1) is 15.3. The van der Waals surface area contributed by atoms with Gasteiger partial charge in [-0.15, -0.1) is 0 Å². The number of halogens is 1. The zero-order valence-corrected chi connectivity index (χ0v) is 13.4. The fourth-order valence-corrected chi connectivity index (χ4v) is 3.97. The number of rotatable bonds is 4. The van der Waals surface area contributed by atoms with Crippen molar-refractivity contribution in [2.45, 2.75) is 51.4 Å². The van der Waals surface area contributed by atoms with E-state index in [2.05, 4.69) is 25.1 Å². The molecule has 0 aliphatic heterocycles. The van der Waals surface area contributed by atoms with Gasteiger partial charge in [0.05, 0.1) is 0 Å². The Hall–Kier alpha value is -1.63. The molecular weight excluding hydrogens is 271 g/mol. The average molecular weight is 296 g/mol. The van der Waals surface area contributed by atoms with Crippen LogP contribution >= 0.6 is 0 Å². The van der Waals surface area contributed by atoms with Gasteiger partial charge >= 0.3 is 0 Å². The summed E-state index contributed by atoms with van der Waals surface area (Å²) >= 11 is 0. The van der Waals surface area contributed by atoms with Crippen LogP contribution in [0.2, 0.25) is 0 Å². The molecule has 3 rings (SSSR count). The molecule has 1 aliphatic carbocycles. The Morgan fingerprint density at radius 2 is 1.64 bits per heavy atom. The minimum Gasteiger partial charge on any atom is -0.207 e. The summed E-state index contributed by atoms with van der Waals surface area (Å²) in [6.45, 7) is 2.26. The quantitative estimate of drug-likeness (QED) is 0.598. The molecule has 0 N–H and O–H groups in total. The predicted molar refractivity (Wildman–Crippen MR) is 91.4 cm³/mol. The van der Waals surface area contributed by atoms with Crippen LogP contribution in [0.25, 0.3) is 11.1 Å². The van der Waals surface area contributed by atoms with E-state index in [1.54, 1.807) is 6.07 Å². The van der Waals surface area contributed by atoms with E-state index in [9.17, 15) is 4.39 Å². The molecule has 0 heterocycles. The summed E-state index contributed by atoms with van der Waals surface area (Å²) in [5, 5.41) is 0. The van der Waals surface area contributed by atoms with Crippen molar-refractivity contribution in [1.29, 1.82) is 0 Å². The van der Waals surface area contributed by atoms with Gasteiger partial charge in [-0.05, 0) is 60.3 Å². The molecule has 0 radical (unpaired) electrons. The van der Waals surface area contributed by atoms with Crippen LogP contribution in [0, 0.1) is 11.7 Å². The average Bonchev–Trinajstić information content (AvgIpc) is 2.57. The first-order chi connectivity index (χ1) is 10.8. The van der Waals surface area contributed by atoms with Crippen molar-refractivity contribution in [3.05, 3.63) is 59.9 Å². The van der Waals surface area contributed by atoms with Gasteiger partial charge in [-0.1, -0.05) is 62.2 Å². The molecule has 22 heavy (non-hydrogen) atoms. The Bertz CT molecular complexity index is 595. The highest BCUT2D eigenvalue weighted by atomic mass is 19.1. The van der Waals surface area contributed by atoms with Crippen LogP contribution in [0.1, 0.15) is 56.9 Å². The van der Waals surface area contributed by atoms with Crippen LogP contribution in [-0.2, 0) is 0 Å². The van der Waals surface area contributed by atoms with E-state index >= 15 is 0 Å². The summed E-state index contributed by atoms with van der Waals surface area (Å²) in [5.41, 5.74) is 3.16. The second-order valence-electron chi connectivity index (χ2n) is 6.57. The van der Waals surface area contributed by atoms with Crippen molar-refractivity contribution in [3.8, 4) is 11.1 Å². The zero-order chi connectivity index (χ0) is 15.4. The first-order valence-corrected chi connectivity index (χ1v) is 8.63. The Morgan fingerprint density at radius 3 is 2.32 bits per heavy atom. The molecule has 0 saturated heterocycles. The summed E-state index contributed by atoms with van der Waals surface area (Å²) in [7, 11) is 0. The van der Waals surface area contributed by atoms with Crippen LogP contribution in [-0.4, -0.2) is 0 Å². The molecule has 2 aromatic carbocycles. The van der Waals surface area contributed by atoms with Gasteiger partial charge in [0.25, 0.3) is 0 Å². The zero-order valence-electron chi connectivity index (χ0n) is 13.4. The summed E-state index contributed by atoms with van der Waals surface area (Å²) in [6, 6.07) is 15.8. The van der Waals surface area contributed by atoms with Crippen molar-refractivity contribution in [1.82, 2.24) is 0 Å². The molecule has 1 fully saturated rings. The van der Waals surface area contributed by atoms with Gasteiger partial charge in [0.15, 0.2) is 0 Å². The van der Waals surface area contributed by atoms with Crippen LogP contribution in [0.15, 0.2) is 48.5 Å². The lowest BCUT2D eigenvalue weighted by Crippen LogP contribution is -2.15. The van der Waals surface area contributed by atoms with Crippen LogP contribution in [0.5, 0.6) is 0 Å². The predicted octanol–water partition coefficient (Wildman–Crippen LogP) is 6.57. The van der Waals surface area contributed by atoms with Gasteiger partial charge in [-0.3, -0.25) is 0 Å². The van der Waals surface area contributed by atoms with Crippen LogP contribution in [0.3, 0.4) is 0 Å². The second kappa shape index (κ2) is 7.09. The molecule has 0 amide bonds. The molecule has 1 aliphatic rings. The SMILES string of the molecule is CCCC1CCC(c2c(F)cccc2-c2ccccc2)CC1. The molecule has 0 atom stereocenters. The summed E-state index contributed by atoms with van der Waals surface area (Å²) in [5.74, 6) is 1.21. The van der Waals surface area contributed by atoms with E-state index in [0.717, 1.165) is 35.4 Å². The maximum Gasteiger partial charge on any atom is 0.127 e. The molecule has 0 bridgehead atoms. The fraction of sp³-hybridized carbons (Fsp3) is 0.429. The number of hydrogen-bond acceptors (Lipinski definition) is 0. The molecule has 1 saturated carbocycles. The highest BCUT2D eigenvalue weighted by Gasteiger charge is 2.26. The normalized spacial score (nSPS) is 21.7. The van der Waals surface area contributed by atoms with Crippen molar-refractivity contribution < 1.29 is 4.39 Å². The summed E-state index contributed by atoms with van der Waals surface area (Å²) < 4.78 is 14.6. The lowest BCUT2D eigenvalue weighted by atomic mass is 9.75. The van der Waals surface area contributed by atoms with Crippen molar-refractivity contribution in [2.75, 3.05) is 0 Å². The third kappa shape index (κ3) is 3.24. The van der Waals surface area contributed by atoms with Gasteiger partial charge in [0, 0.05) is 0 Å². The van der Waals surface area contributed by atoms with Crippen molar-refractivity contribution in [3.63, 3.8) is 0 Å². The van der Waals surface area contributed by atoms with E-state index in [1.807, 2.05) is 24.3 Å². The van der Waals surface area contributed by atoms with E-state index in [1.165, 1.54) is 25.7 Å². The Labute approximate surface area is 133 Å². The number of hydrogen-bond donors (Lipinski definition) is 0. The fourth-order valence-electron chi connectivity index (χ4n) is 3.97. The van der Waals surface area contributed by atoms with Crippen molar-refractivity contribution >= 4 is 0 Å². The molecule has 0 spiro atoms. The maximum atomic E-state index is 14.6. The highest BCUT2D eigenvalue weighted by Crippen LogP contribution is 2.42. The Morgan fingerprint density at radius 1 is 0.909 bits per heavy atom. The third-order valence-corrected chi connectivity index (χ3v) is 5.09. The molecule has 0 aromatic heterocycles. The summed E-state index contributed by atoms with van der Waals surface area (Å²) in [4.78, 5) is 0. The van der Waals surface area contributed by atoms with Gasteiger partial charge < -0.3 is 0 Å². The highest BCUT2D eigenvalue weighted by molar-refractivity contribution is 5.68. The Kier molecular flexibility index (Phi) is 4.92. The smallest absolute Gasteiger partial charge is 0.127 e. The monoisotopic (exact) mass is 296 g/mol. The minimum absolute atomic E-state index is 0.0275. The third-order valence-electron chi connectivity index (χ3n) is 5.09. The maximum absolute atomic E-state index is 14.6. The second-order valence-corrected chi connectivity index (χ2v) is 6.57. The molecule has 0 unspecified atom stereocenters. The lowest BCUT2D eigenvalue weighted by Gasteiger charge is -2.30. The molecular formula is C21H25F. The topological polar surface area (TPSA) is 0 Å². The van der Waals surface area contributed by atoms with E-state index < -0.39 is 0 Å².